The molecule has 3 aromatic rings. The maximum absolute atomic E-state index is 13.2. The number of aromatic nitrogens is 4. The van der Waals surface area contributed by atoms with Crippen molar-refractivity contribution in [1.29, 1.82) is 0 Å². The molecule has 1 fully saturated rings. The highest BCUT2D eigenvalue weighted by molar-refractivity contribution is 7.92. The van der Waals surface area contributed by atoms with Crippen LogP contribution in [-0.2, 0) is 28.2 Å². The molecule has 158 valence electrons. The van der Waals surface area contributed by atoms with Crippen molar-refractivity contribution in [2.24, 2.45) is 7.05 Å². The average Bonchev–Trinajstić information content (AvgIpc) is 3.41. The molecule has 0 amide bonds. The molecular formula is C20H22ClN5O3S. The molecule has 0 radical (unpaired) electrons. The van der Waals surface area contributed by atoms with E-state index >= 15 is 0 Å². The first-order valence-corrected chi connectivity index (χ1v) is 11.4. The highest BCUT2D eigenvalue weighted by Crippen LogP contribution is 2.34. The van der Waals surface area contributed by atoms with Crippen molar-refractivity contribution in [3.63, 3.8) is 0 Å². The lowest BCUT2D eigenvalue weighted by atomic mass is 10.2. The van der Waals surface area contributed by atoms with Crippen LogP contribution in [0.2, 0.25) is 5.02 Å². The Morgan fingerprint density at radius 3 is 2.73 bits per heavy atom. The van der Waals surface area contributed by atoms with Crippen molar-refractivity contribution in [3.05, 3.63) is 59.3 Å². The quantitative estimate of drug-likeness (QED) is 0.538. The predicted molar refractivity (Wildman–Crippen MR) is 114 cm³/mol. The molecule has 1 saturated heterocycles. The molecule has 10 heteroatoms. The number of rotatable bonds is 6. The number of imidazole rings is 1. The molecule has 0 spiro atoms. The van der Waals surface area contributed by atoms with E-state index in [-0.39, 0.29) is 22.9 Å². The van der Waals surface area contributed by atoms with Crippen LogP contribution in [0.4, 0.5) is 5.82 Å². The SMILES string of the molecule is Cc1cc(N2C[C@H](S(=O)(=O)c3ccccc3Cl)C[C@H]2C=O)n(Cc2cncn2C)n1. The van der Waals surface area contributed by atoms with Crippen molar-refractivity contribution >= 4 is 33.5 Å². The molecule has 0 aliphatic carbocycles. The minimum atomic E-state index is -3.69. The van der Waals surface area contributed by atoms with Crippen molar-refractivity contribution in [3.8, 4) is 0 Å². The first-order valence-electron chi connectivity index (χ1n) is 9.51. The number of hydrogen-bond acceptors (Lipinski definition) is 6. The number of halogens is 1. The van der Waals surface area contributed by atoms with Crippen molar-refractivity contribution < 1.29 is 13.2 Å². The minimum absolute atomic E-state index is 0.0998. The summed E-state index contributed by atoms with van der Waals surface area (Å²) in [6.07, 6.45) is 4.47. The molecule has 1 aliphatic heterocycles. The van der Waals surface area contributed by atoms with E-state index in [1.54, 1.807) is 35.4 Å². The summed E-state index contributed by atoms with van der Waals surface area (Å²) in [4.78, 5) is 17.9. The summed E-state index contributed by atoms with van der Waals surface area (Å²) in [5, 5.41) is 3.99. The highest BCUT2D eigenvalue weighted by atomic mass is 35.5. The van der Waals surface area contributed by atoms with E-state index in [1.807, 2.05) is 29.5 Å². The van der Waals surface area contributed by atoms with E-state index < -0.39 is 21.1 Å². The summed E-state index contributed by atoms with van der Waals surface area (Å²) in [6, 6.07) is 7.72. The molecule has 2 aromatic heterocycles. The van der Waals surface area contributed by atoms with E-state index in [4.69, 9.17) is 11.6 Å². The number of carbonyl (C=O) groups is 1. The summed E-state index contributed by atoms with van der Waals surface area (Å²) >= 11 is 6.15. The van der Waals surface area contributed by atoms with Crippen LogP contribution >= 0.6 is 11.6 Å². The topological polar surface area (TPSA) is 90.1 Å². The lowest BCUT2D eigenvalue weighted by molar-refractivity contribution is -0.108. The van der Waals surface area contributed by atoms with Gasteiger partial charge in [0.15, 0.2) is 9.84 Å². The molecule has 1 aromatic carbocycles. The zero-order valence-corrected chi connectivity index (χ0v) is 18.2. The van der Waals surface area contributed by atoms with Gasteiger partial charge in [0.05, 0.1) is 51.7 Å². The van der Waals surface area contributed by atoms with Gasteiger partial charge in [0.25, 0.3) is 0 Å². The van der Waals surface area contributed by atoms with Gasteiger partial charge in [-0.1, -0.05) is 23.7 Å². The van der Waals surface area contributed by atoms with Crippen LogP contribution in [0.15, 0.2) is 47.8 Å². The maximum atomic E-state index is 13.2. The molecule has 4 rings (SSSR count). The van der Waals surface area contributed by atoms with Gasteiger partial charge in [-0.3, -0.25) is 0 Å². The van der Waals surface area contributed by atoms with Gasteiger partial charge in [-0.25, -0.2) is 18.1 Å². The molecule has 8 nitrogen and oxygen atoms in total. The number of hydrogen-bond donors (Lipinski definition) is 0. The number of aryl methyl sites for hydroxylation is 2. The normalized spacial score (nSPS) is 19.4. The standard InChI is InChI=1S/C20H22ClN5O3S/c1-14-7-20(26(23-14)10-16-9-22-13-24(16)2)25-11-17(8-15(25)12-27)30(28,29)19-6-4-3-5-18(19)21/h3-7,9,12-13,15,17H,8,10-11H2,1-2H3/t15-,17+/m0/s1. The maximum Gasteiger partial charge on any atom is 0.184 e. The Morgan fingerprint density at radius 1 is 1.30 bits per heavy atom. The third-order valence-electron chi connectivity index (χ3n) is 5.45. The van der Waals surface area contributed by atoms with Crippen molar-refractivity contribution in [1.82, 2.24) is 19.3 Å². The van der Waals surface area contributed by atoms with Gasteiger partial charge in [-0.2, -0.15) is 5.10 Å². The van der Waals surface area contributed by atoms with Crippen LogP contribution in [-0.4, -0.2) is 51.9 Å². The van der Waals surface area contributed by atoms with E-state index in [9.17, 15) is 13.2 Å². The summed E-state index contributed by atoms with van der Waals surface area (Å²) in [5.74, 6) is 0.711. The average molecular weight is 448 g/mol. The lowest BCUT2D eigenvalue weighted by Gasteiger charge is -2.23. The molecule has 0 bridgehead atoms. The van der Waals surface area contributed by atoms with Crippen LogP contribution in [0, 0.1) is 6.92 Å². The zero-order valence-electron chi connectivity index (χ0n) is 16.6. The number of anilines is 1. The summed E-state index contributed by atoms with van der Waals surface area (Å²) in [6.45, 7) is 2.52. The fourth-order valence-electron chi connectivity index (χ4n) is 3.87. The molecule has 3 heterocycles. The fourth-order valence-corrected chi connectivity index (χ4v) is 6.10. The second-order valence-electron chi connectivity index (χ2n) is 7.49. The molecule has 2 atom stereocenters. The Balaban J connectivity index is 1.67. The summed E-state index contributed by atoms with van der Waals surface area (Å²) in [7, 11) is -1.79. The Hall–Kier alpha value is -2.65. The van der Waals surface area contributed by atoms with Crippen molar-refractivity contribution in [2.45, 2.75) is 36.1 Å². The van der Waals surface area contributed by atoms with Gasteiger partial charge in [-0.15, -0.1) is 0 Å². The number of carbonyl (C=O) groups excluding carboxylic acids is 1. The third kappa shape index (κ3) is 3.63. The molecular weight excluding hydrogens is 426 g/mol. The van der Waals surface area contributed by atoms with Crippen LogP contribution < -0.4 is 4.90 Å². The molecule has 0 N–H and O–H groups in total. The van der Waals surface area contributed by atoms with E-state index in [1.165, 1.54) is 6.07 Å². The molecule has 30 heavy (non-hydrogen) atoms. The van der Waals surface area contributed by atoms with Crippen LogP contribution in [0.1, 0.15) is 17.8 Å². The number of sulfone groups is 1. The molecule has 0 unspecified atom stereocenters. The van der Waals surface area contributed by atoms with Crippen LogP contribution in [0.3, 0.4) is 0 Å². The predicted octanol–water partition coefficient (Wildman–Crippen LogP) is 2.25. The number of benzene rings is 1. The summed E-state index contributed by atoms with van der Waals surface area (Å²) in [5.41, 5.74) is 1.73. The Labute approximate surface area is 180 Å². The second kappa shape index (κ2) is 7.88. The third-order valence-corrected chi connectivity index (χ3v) is 8.08. The van der Waals surface area contributed by atoms with Crippen molar-refractivity contribution in [2.75, 3.05) is 11.4 Å². The first-order chi connectivity index (χ1) is 14.3. The second-order valence-corrected chi connectivity index (χ2v) is 10.1. The molecule has 0 saturated carbocycles. The van der Waals surface area contributed by atoms with Gasteiger partial charge in [0.2, 0.25) is 0 Å². The van der Waals surface area contributed by atoms with Gasteiger partial charge in [0.1, 0.15) is 12.1 Å². The highest BCUT2D eigenvalue weighted by Gasteiger charge is 2.42. The van der Waals surface area contributed by atoms with Crippen LogP contribution in [0.25, 0.3) is 0 Å². The van der Waals surface area contributed by atoms with E-state index in [0.29, 0.717) is 12.4 Å². The monoisotopic (exact) mass is 447 g/mol. The largest absolute Gasteiger partial charge is 0.346 e. The Morgan fingerprint density at radius 2 is 2.07 bits per heavy atom. The zero-order chi connectivity index (χ0) is 21.5. The van der Waals surface area contributed by atoms with E-state index in [0.717, 1.165) is 17.7 Å². The molecule has 1 aliphatic rings. The summed E-state index contributed by atoms with van der Waals surface area (Å²) < 4.78 is 30.1. The first kappa shape index (κ1) is 20.6. The Kier molecular flexibility index (Phi) is 5.42. The van der Waals surface area contributed by atoms with Crippen LogP contribution in [0.5, 0.6) is 0 Å². The number of aldehydes is 1. The Bertz CT molecular complexity index is 1190. The van der Waals surface area contributed by atoms with Gasteiger partial charge < -0.3 is 14.3 Å². The van der Waals surface area contributed by atoms with E-state index in [2.05, 4.69) is 10.1 Å². The lowest BCUT2D eigenvalue weighted by Crippen LogP contribution is -2.33. The number of nitrogens with zero attached hydrogens (tertiary/aromatic N) is 5. The fraction of sp³-hybridized carbons (Fsp3) is 0.350. The minimum Gasteiger partial charge on any atom is -0.346 e. The smallest absolute Gasteiger partial charge is 0.184 e. The van der Waals surface area contributed by atoms with Gasteiger partial charge in [0, 0.05) is 19.7 Å². The van der Waals surface area contributed by atoms with Gasteiger partial charge >= 0.3 is 0 Å². The van der Waals surface area contributed by atoms with Gasteiger partial charge in [-0.05, 0) is 25.5 Å².